The SMILES string of the molecule is CO[C@@H]1[C@H](N(C)c2ncc(-c3c[nH]c4ccccc34)s2)C[C@H]2O[C@]1(C)n1c3ccccc3c3c4c(c5c6ccccc6n2c5c31)C(=O)NC4. The summed E-state index contributed by atoms with van der Waals surface area (Å²) in [6, 6.07) is 25.2. The Hall–Kier alpha value is -5.16. The van der Waals surface area contributed by atoms with E-state index in [1.807, 2.05) is 6.20 Å². The molecule has 2 N–H and O–H groups in total. The van der Waals surface area contributed by atoms with Gasteiger partial charge in [-0.05, 0) is 30.7 Å². The molecule has 3 aliphatic rings. The van der Waals surface area contributed by atoms with E-state index in [1.165, 1.54) is 5.39 Å². The molecule has 2 bridgehead atoms. The van der Waals surface area contributed by atoms with Crippen LogP contribution in [0.5, 0.6) is 0 Å². The number of ether oxygens (including phenoxy) is 2. The second-order valence-electron chi connectivity index (χ2n) is 13.7. The summed E-state index contributed by atoms with van der Waals surface area (Å²) in [5.74, 6) is -0.0156. The molecular weight excluding hydrogens is 633 g/mol. The number of nitrogens with one attached hydrogen (secondary N) is 2. The molecular formula is C39H32N6O3S. The lowest BCUT2D eigenvalue weighted by molar-refractivity contribution is -0.253. The molecule has 4 aromatic heterocycles. The number of methoxy groups -OCH3 is 1. The van der Waals surface area contributed by atoms with Crippen molar-refractivity contribution < 1.29 is 14.3 Å². The van der Waals surface area contributed by atoms with Crippen molar-refractivity contribution in [2.75, 3.05) is 19.1 Å². The number of benzene rings is 4. The highest BCUT2D eigenvalue weighted by Gasteiger charge is 2.54. The zero-order valence-corrected chi connectivity index (χ0v) is 28.0. The molecule has 242 valence electrons. The molecule has 3 aliphatic heterocycles. The molecule has 9 nitrogen and oxygen atoms in total. The van der Waals surface area contributed by atoms with Crippen LogP contribution in [0.1, 0.15) is 35.5 Å². The summed E-state index contributed by atoms with van der Waals surface area (Å²) in [5.41, 5.74) is 7.47. The van der Waals surface area contributed by atoms with Gasteiger partial charge in [0.15, 0.2) is 10.9 Å². The summed E-state index contributed by atoms with van der Waals surface area (Å²) in [5, 5.41) is 9.57. The van der Waals surface area contributed by atoms with Crippen molar-refractivity contribution in [3.63, 3.8) is 0 Å². The smallest absolute Gasteiger partial charge is 0.252 e. The summed E-state index contributed by atoms with van der Waals surface area (Å²) in [4.78, 5) is 25.5. The van der Waals surface area contributed by atoms with Gasteiger partial charge in [0, 0.05) is 77.5 Å². The normalized spacial score (nSPS) is 22.9. The Bertz CT molecular complexity index is 2720. The lowest BCUT2D eigenvalue weighted by Crippen LogP contribution is -2.60. The van der Waals surface area contributed by atoms with Gasteiger partial charge in [0.2, 0.25) is 0 Å². The van der Waals surface area contributed by atoms with Gasteiger partial charge in [0.25, 0.3) is 5.91 Å². The minimum Gasteiger partial charge on any atom is -0.374 e. The van der Waals surface area contributed by atoms with Crippen LogP contribution in [-0.2, 0) is 21.7 Å². The molecule has 49 heavy (non-hydrogen) atoms. The molecule has 4 aromatic carbocycles. The summed E-state index contributed by atoms with van der Waals surface area (Å²) in [6.07, 6.45) is 4.03. The maximum absolute atomic E-state index is 13.7. The molecule has 0 saturated carbocycles. The number of H-pyrrole nitrogens is 1. The minimum atomic E-state index is -0.897. The van der Waals surface area contributed by atoms with E-state index in [9.17, 15) is 4.79 Å². The Morgan fingerprint density at radius 2 is 1.71 bits per heavy atom. The molecule has 7 heterocycles. The predicted octanol–water partition coefficient (Wildman–Crippen LogP) is 7.88. The number of carbonyl (C=O) groups is 1. The molecule has 0 unspecified atom stereocenters. The third-order valence-corrected chi connectivity index (χ3v) is 12.5. The van der Waals surface area contributed by atoms with Crippen molar-refractivity contribution in [2.24, 2.45) is 0 Å². The number of hydrogen-bond donors (Lipinski definition) is 2. The number of rotatable bonds is 4. The Morgan fingerprint density at radius 3 is 2.53 bits per heavy atom. The van der Waals surface area contributed by atoms with Gasteiger partial charge in [-0.2, -0.15) is 0 Å². The number of nitrogens with zero attached hydrogens (tertiary/aromatic N) is 4. The van der Waals surface area contributed by atoms with E-state index >= 15 is 0 Å². The van der Waals surface area contributed by atoms with Crippen molar-refractivity contribution in [2.45, 2.75) is 44.0 Å². The van der Waals surface area contributed by atoms with Crippen LogP contribution in [0.2, 0.25) is 0 Å². The van der Waals surface area contributed by atoms with Crippen LogP contribution in [0.3, 0.4) is 0 Å². The lowest BCUT2D eigenvalue weighted by Gasteiger charge is -2.50. The number of fused-ring (bicyclic) bond motifs is 14. The third kappa shape index (κ3) is 3.36. The zero-order valence-electron chi connectivity index (χ0n) is 27.2. The fourth-order valence-corrected chi connectivity index (χ4v) is 10.3. The van der Waals surface area contributed by atoms with Crippen LogP contribution < -0.4 is 10.2 Å². The van der Waals surface area contributed by atoms with Gasteiger partial charge in [-0.3, -0.25) is 4.79 Å². The van der Waals surface area contributed by atoms with Crippen LogP contribution in [0, 0.1) is 0 Å². The van der Waals surface area contributed by atoms with Gasteiger partial charge in [-0.1, -0.05) is 65.9 Å². The highest BCUT2D eigenvalue weighted by molar-refractivity contribution is 7.19. The molecule has 10 heteroatoms. The number of anilines is 1. The molecule has 1 fully saturated rings. The van der Waals surface area contributed by atoms with Crippen molar-refractivity contribution in [3.8, 4) is 10.4 Å². The van der Waals surface area contributed by atoms with Crippen LogP contribution in [0.25, 0.3) is 65.0 Å². The molecule has 0 spiro atoms. The van der Waals surface area contributed by atoms with E-state index in [0.717, 1.165) is 75.8 Å². The molecule has 0 aliphatic carbocycles. The first-order valence-corrected chi connectivity index (χ1v) is 17.5. The Balaban J connectivity index is 1.17. The first kappa shape index (κ1) is 27.8. The summed E-state index contributed by atoms with van der Waals surface area (Å²) in [6.45, 7) is 2.67. The number of aromatic amines is 1. The summed E-state index contributed by atoms with van der Waals surface area (Å²) < 4.78 is 18.7. The first-order chi connectivity index (χ1) is 24.0. The van der Waals surface area contributed by atoms with E-state index in [0.29, 0.717) is 13.0 Å². The third-order valence-electron chi connectivity index (χ3n) is 11.3. The van der Waals surface area contributed by atoms with Gasteiger partial charge in [-0.25, -0.2) is 4.98 Å². The van der Waals surface area contributed by atoms with Gasteiger partial charge >= 0.3 is 0 Å². The molecule has 1 amide bonds. The number of carbonyl (C=O) groups excluding carboxylic acids is 1. The van der Waals surface area contributed by atoms with Crippen molar-refractivity contribution >= 4 is 76.9 Å². The monoisotopic (exact) mass is 664 g/mol. The fourth-order valence-electron chi connectivity index (χ4n) is 9.36. The van der Waals surface area contributed by atoms with E-state index in [1.54, 1.807) is 18.4 Å². The van der Waals surface area contributed by atoms with Gasteiger partial charge < -0.3 is 33.8 Å². The summed E-state index contributed by atoms with van der Waals surface area (Å²) >= 11 is 1.69. The maximum Gasteiger partial charge on any atom is 0.252 e. The van der Waals surface area contributed by atoms with E-state index in [4.69, 9.17) is 14.5 Å². The number of para-hydroxylation sites is 3. The maximum atomic E-state index is 13.7. The van der Waals surface area contributed by atoms with Gasteiger partial charge in [0.05, 0.1) is 38.5 Å². The molecule has 1 saturated heterocycles. The largest absolute Gasteiger partial charge is 0.374 e. The molecule has 11 rings (SSSR count). The number of amides is 1. The average Bonchev–Trinajstić information content (AvgIpc) is 3.94. The van der Waals surface area contributed by atoms with Crippen LogP contribution in [0.4, 0.5) is 5.13 Å². The van der Waals surface area contributed by atoms with E-state index in [2.05, 4.69) is 117 Å². The lowest BCUT2D eigenvalue weighted by atomic mass is 9.92. The number of likely N-dealkylation sites (N-methyl/N-ethyl adjacent to an activating group) is 1. The Kier molecular flexibility index (Phi) is 5.38. The topological polar surface area (TPSA) is 89.3 Å². The predicted molar refractivity (Wildman–Crippen MR) is 194 cm³/mol. The van der Waals surface area contributed by atoms with Crippen LogP contribution in [0.15, 0.2) is 85.2 Å². The fraction of sp³-hybridized carbons (Fsp3) is 0.231. The Labute approximate surface area is 284 Å². The number of hydrogen-bond acceptors (Lipinski definition) is 6. The zero-order chi connectivity index (χ0) is 32.8. The number of thiazole rings is 1. The molecule has 0 radical (unpaired) electrons. The highest BCUT2D eigenvalue weighted by Crippen LogP contribution is 2.54. The van der Waals surface area contributed by atoms with Crippen molar-refractivity contribution in [1.82, 2.24) is 24.4 Å². The van der Waals surface area contributed by atoms with Crippen molar-refractivity contribution in [3.05, 3.63) is 96.3 Å². The van der Waals surface area contributed by atoms with E-state index in [-0.39, 0.29) is 24.3 Å². The van der Waals surface area contributed by atoms with Crippen LogP contribution in [-0.4, -0.2) is 51.3 Å². The average molecular weight is 665 g/mol. The quantitative estimate of drug-likeness (QED) is 0.200. The first-order valence-electron chi connectivity index (χ1n) is 16.7. The summed E-state index contributed by atoms with van der Waals surface area (Å²) in [7, 11) is 3.93. The second-order valence-corrected chi connectivity index (χ2v) is 14.7. The Morgan fingerprint density at radius 1 is 0.980 bits per heavy atom. The standard InChI is InChI=1S/C39H32N6O3S/c1-39-36(47-3)28(43(2)38-42-19-29(49-38)23-17-40-25-13-7-4-10-20(23)25)16-30(48-39)44-26-14-8-5-11-21(26)32-33-24(18-41-37(33)46)31-22-12-6-9-15-27(22)45(39)35(31)34(32)44/h4-15,17,19,28,30,36,40H,16,18H2,1-3H3,(H,41,46)/t28-,30-,36-,39+/m1/s1. The number of aromatic nitrogens is 4. The minimum absolute atomic E-state index is 0.0156. The van der Waals surface area contributed by atoms with Crippen molar-refractivity contribution in [1.29, 1.82) is 0 Å². The van der Waals surface area contributed by atoms with Gasteiger partial charge in [-0.15, -0.1) is 0 Å². The second kappa shape index (κ2) is 9.50. The molecule has 8 aromatic rings. The van der Waals surface area contributed by atoms with Crippen LogP contribution >= 0.6 is 11.3 Å². The van der Waals surface area contributed by atoms with Gasteiger partial charge in [0.1, 0.15) is 12.3 Å². The molecule has 4 atom stereocenters. The highest BCUT2D eigenvalue weighted by atomic mass is 32.1. The van der Waals surface area contributed by atoms with E-state index < -0.39 is 5.72 Å².